The number of anilines is 1. The Labute approximate surface area is 144 Å². The maximum atomic E-state index is 13.8. The average Bonchev–Trinajstić information content (AvgIpc) is 2.62. The molecule has 0 unspecified atom stereocenters. The summed E-state index contributed by atoms with van der Waals surface area (Å²) in [5.74, 6) is -0.671. The Bertz CT molecular complexity index is 850. The number of nitrogens with two attached hydrogens (primary N) is 1. The number of nitrogens with one attached hydrogen (secondary N) is 1. The summed E-state index contributed by atoms with van der Waals surface area (Å²) < 4.78 is 13.8. The first-order valence-electron chi connectivity index (χ1n) is 7.81. The van der Waals surface area contributed by atoms with Crippen LogP contribution >= 0.6 is 0 Å². The molecule has 25 heavy (non-hydrogen) atoms. The molecule has 7 heteroatoms. The molecule has 1 aliphatic heterocycles. The molecule has 0 bridgehead atoms. The fourth-order valence-electron chi connectivity index (χ4n) is 2.65. The van der Waals surface area contributed by atoms with Crippen molar-refractivity contribution in [1.82, 2.24) is 9.88 Å². The van der Waals surface area contributed by atoms with Crippen molar-refractivity contribution in [3.05, 3.63) is 65.6 Å². The normalized spacial score (nSPS) is 14.0. The Balaban J connectivity index is 1.66. The lowest BCUT2D eigenvalue weighted by Gasteiger charge is -2.26. The number of hydrogen-bond acceptors (Lipinski definition) is 3. The first-order valence-corrected chi connectivity index (χ1v) is 7.81. The highest BCUT2D eigenvalue weighted by atomic mass is 19.1. The fourth-order valence-corrected chi connectivity index (χ4v) is 2.65. The molecule has 0 saturated heterocycles. The molecule has 3 N–H and O–H groups in total. The van der Waals surface area contributed by atoms with Gasteiger partial charge in [-0.05, 0) is 30.2 Å². The van der Waals surface area contributed by atoms with Crippen LogP contribution in [0, 0.1) is 5.82 Å². The largest absolute Gasteiger partial charge is 0.364 e. The molecule has 6 nitrogen and oxygen atoms in total. The lowest BCUT2D eigenvalue weighted by Crippen LogP contribution is -2.38. The summed E-state index contributed by atoms with van der Waals surface area (Å²) in [6.07, 6.45) is 2.40. The molecular weight excluding hydrogens is 323 g/mol. The number of benzene rings is 1. The molecule has 1 aliphatic rings. The van der Waals surface area contributed by atoms with E-state index in [0.29, 0.717) is 25.1 Å². The van der Waals surface area contributed by atoms with Gasteiger partial charge in [-0.2, -0.15) is 0 Å². The lowest BCUT2D eigenvalue weighted by molar-refractivity contribution is 0.0995. The molecule has 0 atom stereocenters. The first kappa shape index (κ1) is 16.6. The van der Waals surface area contributed by atoms with E-state index in [4.69, 9.17) is 5.73 Å². The zero-order chi connectivity index (χ0) is 17.8. The minimum atomic E-state index is -0.661. The fraction of sp³-hybridized carbons (Fsp3) is 0.167. The number of hydrogen-bond donors (Lipinski definition) is 2. The second-order valence-corrected chi connectivity index (χ2v) is 5.61. The van der Waals surface area contributed by atoms with Gasteiger partial charge >= 0.3 is 6.03 Å². The van der Waals surface area contributed by atoms with Crippen LogP contribution in [0.2, 0.25) is 0 Å². The number of halogens is 1. The van der Waals surface area contributed by atoms with Gasteiger partial charge in [-0.3, -0.25) is 10.1 Å². The van der Waals surface area contributed by atoms with Crippen LogP contribution < -0.4 is 11.1 Å². The van der Waals surface area contributed by atoms with Crippen LogP contribution in [0.4, 0.5) is 15.0 Å². The van der Waals surface area contributed by atoms with E-state index < -0.39 is 5.91 Å². The summed E-state index contributed by atoms with van der Waals surface area (Å²) in [5.41, 5.74) is 6.71. The van der Waals surface area contributed by atoms with E-state index in [-0.39, 0.29) is 23.4 Å². The van der Waals surface area contributed by atoms with E-state index in [1.807, 2.05) is 6.08 Å². The minimum absolute atomic E-state index is 0.0816. The summed E-state index contributed by atoms with van der Waals surface area (Å²) in [4.78, 5) is 29.0. The lowest BCUT2D eigenvalue weighted by atomic mass is 9.99. The molecule has 0 radical (unpaired) electrons. The molecular formula is C18H17FN4O2. The monoisotopic (exact) mass is 340 g/mol. The first-order chi connectivity index (χ1) is 12.0. The van der Waals surface area contributed by atoms with Gasteiger partial charge < -0.3 is 10.6 Å². The van der Waals surface area contributed by atoms with Crippen molar-refractivity contribution in [3.63, 3.8) is 0 Å². The second kappa shape index (κ2) is 7.12. The maximum absolute atomic E-state index is 13.8. The van der Waals surface area contributed by atoms with Crippen molar-refractivity contribution in [2.75, 3.05) is 18.4 Å². The minimum Gasteiger partial charge on any atom is -0.364 e. The number of amides is 3. The highest BCUT2D eigenvalue weighted by molar-refractivity contribution is 5.93. The smallest absolute Gasteiger partial charge is 0.323 e. The molecule has 0 spiro atoms. The highest BCUT2D eigenvalue weighted by Gasteiger charge is 2.19. The van der Waals surface area contributed by atoms with Crippen LogP contribution in [0.5, 0.6) is 0 Å². The Kier molecular flexibility index (Phi) is 4.74. The molecule has 0 fully saturated rings. The van der Waals surface area contributed by atoms with Gasteiger partial charge in [-0.25, -0.2) is 14.2 Å². The predicted molar refractivity (Wildman–Crippen MR) is 92.3 cm³/mol. The molecule has 3 amide bonds. The Morgan fingerprint density at radius 3 is 2.64 bits per heavy atom. The molecule has 0 saturated carbocycles. The van der Waals surface area contributed by atoms with Crippen molar-refractivity contribution in [2.24, 2.45) is 5.73 Å². The third-order valence-electron chi connectivity index (χ3n) is 3.95. The number of pyridine rings is 1. The van der Waals surface area contributed by atoms with Crippen LogP contribution in [0.25, 0.3) is 5.57 Å². The predicted octanol–water partition coefficient (Wildman–Crippen LogP) is 2.64. The van der Waals surface area contributed by atoms with Crippen LogP contribution in [0.1, 0.15) is 22.5 Å². The maximum Gasteiger partial charge on any atom is 0.323 e. The van der Waals surface area contributed by atoms with E-state index in [1.165, 1.54) is 12.1 Å². The number of aromatic nitrogens is 1. The van der Waals surface area contributed by atoms with Crippen molar-refractivity contribution in [3.8, 4) is 0 Å². The van der Waals surface area contributed by atoms with Crippen molar-refractivity contribution < 1.29 is 14.0 Å². The van der Waals surface area contributed by atoms with E-state index in [2.05, 4.69) is 10.3 Å². The second-order valence-electron chi connectivity index (χ2n) is 5.61. The molecule has 2 aromatic rings. The topological polar surface area (TPSA) is 88.3 Å². The standard InChI is InChI=1S/C18H17FN4O2/c19-14-5-2-1-4-13(14)12-8-10-23(11-9-12)18(25)22-16-7-3-6-15(21-16)17(20)24/h1-8H,9-11H2,(H2,20,24)(H,21,22,25). The quantitative estimate of drug-likeness (QED) is 0.900. The van der Waals surface area contributed by atoms with E-state index >= 15 is 0 Å². The SMILES string of the molecule is NC(=O)c1cccc(NC(=O)N2CC=C(c3ccccc3F)CC2)n1. The van der Waals surface area contributed by atoms with Crippen LogP contribution in [0.3, 0.4) is 0 Å². The van der Waals surface area contributed by atoms with E-state index in [1.54, 1.807) is 35.2 Å². The number of urea groups is 1. The Morgan fingerprint density at radius 1 is 1.16 bits per heavy atom. The van der Waals surface area contributed by atoms with Gasteiger partial charge in [-0.1, -0.05) is 30.3 Å². The number of nitrogens with zero attached hydrogens (tertiary/aromatic N) is 2. The number of carbonyl (C=O) groups excluding carboxylic acids is 2. The summed E-state index contributed by atoms with van der Waals surface area (Å²) in [6, 6.07) is 10.9. The van der Waals surface area contributed by atoms with Crippen LogP contribution in [-0.2, 0) is 0 Å². The molecule has 128 valence electrons. The zero-order valence-corrected chi connectivity index (χ0v) is 13.4. The van der Waals surface area contributed by atoms with Gasteiger partial charge in [0.1, 0.15) is 17.3 Å². The van der Waals surface area contributed by atoms with Crippen molar-refractivity contribution in [2.45, 2.75) is 6.42 Å². The molecule has 3 rings (SSSR count). The average molecular weight is 340 g/mol. The number of primary amides is 1. The van der Waals surface area contributed by atoms with Crippen molar-refractivity contribution >= 4 is 23.3 Å². The van der Waals surface area contributed by atoms with Crippen molar-refractivity contribution in [1.29, 1.82) is 0 Å². The van der Waals surface area contributed by atoms with Gasteiger partial charge in [-0.15, -0.1) is 0 Å². The number of carbonyl (C=O) groups is 2. The summed E-state index contributed by atoms with van der Waals surface area (Å²) in [6.45, 7) is 0.826. The van der Waals surface area contributed by atoms with Gasteiger partial charge in [0.15, 0.2) is 0 Å². The van der Waals surface area contributed by atoms with Gasteiger partial charge in [0.25, 0.3) is 5.91 Å². The highest BCUT2D eigenvalue weighted by Crippen LogP contribution is 2.24. The Hall–Kier alpha value is -3.22. The van der Waals surface area contributed by atoms with Gasteiger partial charge in [0.05, 0.1) is 0 Å². The van der Waals surface area contributed by atoms with Crippen LogP contribution in [0.15, 0.2) is 48.5 Å². The third kappa shape index (κ3) is 3.82. The molecule has 2 heterocycles. The van der Waals surface area contributed by atoms with E-state index in [9.17, 15) is 14.0 Å². The zero-order valence-electron chi connectivity index (χ0n) is 13.4. The third-order valence-corrected chi connectivity index (χ3v) is 3.95. The number of rotatable bonds is 3. The van der Waals surface area contributed by atoms with Gasteiger partial charge in [0.2, 0.25) is 0 Å². The van der Waals surface area contributed by atoms with Crippen LogP contribution in [-0.4, -0.2) is 34.9 Å². The summed E-state index contributed by atoms with van der Waals surface area (Å²) in [5, 5.41) is 2.64. The molecule has 1 aromatic carbocycles. The van der Waals surface area contributed by atoms with E-state index in [0.717, 1.165) is 5.57 Å². The molecule has 1 aromatic heterocycles. The van der Waals surface area contributed by atoms with Gasteiger partial charge in [0, 0.05) is 18.7 Å². The molecule has 0 aliphatic carbocycles. The summed E-state index contributed by atoms with van der Waals surface area (Å²) >= 11 is 0. The Morgan fingerprint density at radius 2 is 1.96 bits per heavy atom. The summed E-state index contributed by atoms with van der Waals surface area (Å²) in [7, 11) is 0.